The molecule has 3 aromatic rings. The lowest BCUT2D eigenvalue weighted by atomic mass is 10.1. The largest absolute Gasteiger partial charge is 0.484 e. The van der Waals surface area contributed by atoms with Crippen molar-refractivity contribution in [1.29, 1.82) is 0 Å². The van der Waals surface area contributed by atoms with Gasteiger partial charge in [-0.2, -0.15) is 5.10 Å². The molecule has 2 aromatic carbocycles. The molecule has 0 radical (unpaired) electrons. The van der Waals surface area contributed by atoms with E-state index in [0.29, 0.717) is 17.0 Å². The molecule has 1 aromatic heterocycles. The maximum atomic E-state index is 11.7. The maximum absolute atomic E-state index is 11.7. The zero-order valence-electron chi connectivity index (χ0n) is 17.2. The first kappa shape index (κ1) is 21.6. The summed E-state index contributed by atoms with van der Waals surface area (Å²) in [6.07, 6.45) is 1.44. The van der Waals surface area contributed by atoms with E-state index in [-0.39, 0.29) is 24.6 Å². The second-order valence-electron chi connectivity index (χ2n) is 7.11. The first-order valence-corrected chi connectivity index (χ1v) is 9.45. The highest BCUT2D eigenvalue weighted by molar-refractivity contribution is 5.93. The van der Waals surface area contributed by atoms with E-state index in [0.717, 1.165) is 11.1 Å². The van der Waals surface area contributed by atoms with Gasteiger partial charge in [0.2, 0.25) is 5.91 Å². The van der Waals surface area contributed by atoms with E-state index in [1.807, 2.05) is 42.5 Å². The second kappa shape index (κ2) is 9.12. The van der Waals surface area contributed by atoms with Gasteiger partial charge in [-0.15, -0.1) is 0 Å². The minimum Gasteiger partial charge on any atom is -0.484 e. The number of carbonyl (C=O) groups excluding carboxylic acids is 3. The summed E-state index contributed by atoms with van der Waals surface area (Å²) in [5, 5.41) is 4.18. The molecule has 0 spiro atoms. The number of amides is 3. The molecule has 0 aliphatic rings. The van der Waals surface area contributed by atoms with Crippen LogP contribution in [-0.2, 0) is 16.0 Å². The molecule has 0 fully saturated rings. The van der Waals surface area contributed by atoms with E-state index in [4.69, 9.17) is 16.2 Å². The molecular formula is C22H23N5O4. The number of aromatic nitrogens is 2. The van der Waals surface area contributed by atoms with Gasteiger partial charge in [0.1, 0.15) is 5.75 Å². The van der Waals surface area contributed by atoms with Gasteiger partial charge >= 0.3 is 0 Å². The van der Waals surface area contributed by atoms with Crippen molar-refractivity contribution >= 4 is 17.7 Å². The number of carbonyl (C=O) groups is 3. The quantitative estimate of drug-likeness (QED) is 0.562. The molecule has 3 rings (SSSR count). The molecule has 160 valence electrons. The van der Waals surface area contributed by atoms with E-state index >= 15 is 0 Å². The number of ether oxygens (including phenoxy) is 1. The van der Waals surface area contributed by atoms with Crippen molar-refractivity contribution in [3.05, 3.63) is 66.0 Å². The van der Waals surface area contributed by atoms with E-state index in [2.05, 4.69) is 5.10 Å². The van der Waals surface area contributed by atoms with Gasteiger partial charge < -0.3 is 21.1 Å². The molecule has 1 heterocycles. The van der Waals surface area contributed by atoms with Gasteiger partial charge in [-0.25, -0.2) is 4.68 Å². The normalized spacial score (nSPS) is 10.5. The summed E-state index contributed by atoms with van der Waals surface area (Å²) in [6, 6.07) is 14.8. The number of nitrogens with two attached hydrogens (primary N) is 2. The third-order valence-corrected chi connectivity index (χ3v) is 4.55. The van der Waals surface area contributed by atoms with Crippen molar-refractivity contribution in [2.45, 2.75) is 6.42 Å². The van der Waals surface area contributed by atoms with Gasteiger partial charge in [0.25, 0.3) is 11.8 Å². The average Bonchev–Trinajstić information content (AvgIpc) is 3.15. The van der Waals surface area contributed by atoms with Crippen molar-refractivity contribution < 1.29 is 19.1 Å². The smallest absolute Gasteiger partial charge is 0.269 e. The van der Waals surface area contributed by atoms with Crippen molar-refractivity contribution in [2.75, 3.05) is 20.7 Å². The summed E-state index contributed by atoms with van der Waals surface area (Å²) in [4.78, 5) is 36.0. The van der Waals surface area contributed by atoms with Crippen LogP contribution in [0.2, 0.25) is 0 Å². The Morgan fingerprint density at radius 1 is 1.03 bits per heavy atom. The summed E-state index contributed by atoms with van der Waals surface area (Å²) >= 11 is 0. The number of rotatable bonds is 8. The van der Waals surface area contributed by atoms with Gasteiger partial charge in [0, 0.05) is 25.9 Å². The van der Waals surface area contributed by atoms with Crippen LogP contribution in [0.5, 0.6) is 5.75 Å². The van der Waals surface area contributed by atoms with Crippen LogP contribution in [-0.4, -0.2) is 53.1 Å². The van der Waals surface area contributed by atoms with Gasteiger partial charge in [0.15, 0.2) is 12.3 Å². The van der Waals surface area contributed by atoms with Gasteiger partial charge in [-0.3, -0.25) is 14.4 Å². The van der Waals surface area contributed by atoms with Gasteiger partial charge in [-0.05, 0) is 35.4 Å². The molecule has 3 amide bonds. The molecule has 0 aliphatic carbocycles. The average molecular weight is 421 g/mol. The fraction of sp³-hybridized carbons (Fsp3) is 0.182. The molecule has 0 atom stereocenters. The SMILES string of the molecule is CN(C)C(=O)COc1cccc(-c2ccc(-n3cc(CC(N)=O)c(C(N)=O)n3)cc2)c1. The monoisotopic (exact) mass is 421 g/mol. The summed E-state index contributed by atoms with van der Waals surface area (Å²) in [6.45, 7) is -0.0372. The van der Waals surface area contributed by atoms with Crippen molar-refractivity contribution in [2.24, 2.45) is 11.5 Å². The van der Waals surface area contributed by atoms with Crippen molar-refractivity contribution in [1.82, 2.24) is 14.7 Å². The summed E-state index contributed by atoms with van der Waals surface area (Å²) in [5.74, 6) is -0.839. The number of hydrogen-bond acceptors (Lipinski definition) is 5. The first-order chi connectivity index (χ1) is 14.7. The summed E-state index contributed by atoms with van der Waals surface area (Å²) in [5.41, 5.74) is 13.5. The van der Waals surface area contributed by atoms with Crippen molar-refractivity contribution in [3.63, 3.8) is 0 Å². The van der Waals surface area contributed by atoms with Crippen LogP contribution in [0.1, 0.15) is 16.1 Å². The molecule has 0 bridgehead atoms. The van der Waals surface area contributed by atoms with Gasteiger partial charge in [0.05, 0.1) is 12.1 Å². The van der Waals surface area contributed by atoms with Crippen LogP contribution in [0, 0.1) is 0 Å². The highest BCUT2D eigenvalue weighted by Crippen LogP contribution is 2.25. The van der Waals surface area contributed by atoms with Crippen LogP contribution in [0.15, 0.2) is 54.7 Å². The molecule has 9 nitrogen and oxygen atoms in total. The molecule has 31 heavy (non-hydrogen) atoms. The van der Waals surface area contributed by atoms with E-state index in [1.54, 1.807) is 26.4 Å². The topological polar surface area (TPSA) is 134 Å². The lowest BCUT2D eigenvalue weighted by Crippen LogP contribution is -2.27. The van der Waals surface area contributed by atoms with Crippen LogP contribution in [0.25, 0.3) is 16.8 Å². The third kappa shape index (κ3) is 5.27. The van der Waals surface area contributed by atoms with Crippen LogP contribution < -0.4 is 16.2 Å². The van der Waals surface area contributed by atoms with Crippen LogP contribution >= 0.6 is 0 Å². The summed E-state index contributed by atoms with van der Waals surface area (Å²) in [7, 11) is 3.35. The molecule has 4 N–H and O–H groups in total. The van der Waals surface area contributed by atoms with Crippen LogP contribution in [0.4, 0.5) is 0 Å². The number of primary amides is 2. The highest BCUT2D eigenvalue weighted by atomic mass is 16.5. The van der Waals surface area contributed by atoms with Crippen molar-refractivity contribution in [3.8, 4) is 22.6 Å². The van der Waals surface area contributed by atoms with Crippen LogP contribution in [0.3, 0.4) is 0 Å². The van der Waals surface area contributed by atoms with E-state index in [9.17, 15) is 14.4 Å². The Bertz CT molecular complexity index is 1120. The highest BCUT2D eigenvalue weighted by Gasteiger charge is 2.16. The zero-order valence-corrected chi connectivity index (χ0v) is 17.2. The number of likely N-dealkylation sites (N-methyl/N-ethyl adjacent to an activating group) is 1. The van der Waals surface area contributed by atoms with E-state index in [1.165, 1.54) is 9.58 Å². The number of benzene rings is 2. The molecule has 0 aliphatic heterocycles. The molecule has 0 unspecified atom stereocenters. The molecule has 0 saturated heterocycles. The zero-order chi connectivity index (χ0) is 22.5. The summed E-state index contributed by atoms with van der Waals surface area (Å²) < 4.78 is 7.05. The van der Waals surface area contributed by atoms with Gasteiger partial charge in [-0.1, -0.05) is 24.3 Å². The fourth-order valence-electron chi connectivity index (χ4n) is 2.91. The third-order valence-electron chi connectivity index (χ3n) is 4.55. The minimum absolute atomic E-state index is 0.0139. The lowest BCUT2D eigenvalue weighted by Gasteiger charge is -2.12. The minimum atomic E-state index is -0.726. The van der Waals surface area contributed by atoms with E-state index < -0.39 is 11.8 Å². The molecule has 9 heteroatoms. The standard InChI is InChI=1S/C22H23N5O4/c1-26(2)20(29)13-31-18-5-3-4-15(10-18)14-6-8-17(9-7-14)27-12-16(11-19(23)28)21(25-27)22(24)30/h3-10,12H,11,13H2,1-2H3,(H2,23,28)(H2,24,30). The Hall–Kier alpha value is -4.14. The second-order valence-corrected chi connectivity index (χ2v) is 7.11. The Morgan fingerprint density at radius 2 is 1.74 bits per heavy atom. The first-order valence-electron chi connectivity index (χ1n) is 9.45. The Kier molecular flexibility index (Phi) is 6.35. The predicted octanol–water partition coefficient (Wildman–Crippen LogP) is 1.13. The number of nitrogens with zero attached hydrogens (tertiary/aromatic N) is 3. The lowest BCUT2D eigenvalue weighted by molar-refractivity contribution is -0.130. The Morgan fingerprint density at radius 3 is 2.35 bits per heavy atom. The Balaban J connectivity index is 1.81. The number of hydrogen-bond donors (Lipinski definition) is 2. The maximum Gasteiger partial charge on any atom is 0.269 e. The molecule has 0 saturated carbocycles. The molecular weight excluding hydrogens is 398 g/mol. The Labute approximate surface area is 179 Å². The predicted molar refractivity (Wildman–Crippen MR) is 115 cm³/mol. The fourth-order valence-corrected chi connectivity index (χ4v) is 2.91.